The van der Waals surface area contributed by atoms with Crippen molar-refractivity contribution >= 4 is 23.9 Å². The molecule has 144 valence electrons. The van der Waals surface area contributed by atoms with Gasteiger partial charge in [-0.3, -0.25) is 4.79 Å². The summed E-state index contributed by atoms with van der Waals surface area (Å²) in [5, 5.41) is 4.01. The molecule has 1 amide bonds. The molecule has 0 heterocycles. The first-order chi connectivity index (χ1) is 13.2. The molecule has 0 atom stereocenters. The predicted molar refractivity (Wildman–Crippen MR) is 111 cm³/mol. The summed E-state index contributed by atoms with van der Waals surface area (Å²) < 4.78 is 11.1. The zero-order valence-corrected chi connectivity index (χ0v) is 16.6. The molecule has 0 saturated carbocycles. The lowest BCUT2D eigenvalue weighted by Crippen LogP contribution is -2.19. The van der Waals surface area contributed by atoms with E-state index in [1.807, 2.05) is 48.5 Å². The summed E-state index contributed by atoms with van der Waals surface area (Å²) in [6.45, 7) is 2.83. The number of unbranched alkanes of at least 4 members (excludes halogenated alkanes) is 2. The van der Waals surface area contributed by atoms with Gasteiger partial charge in [0.1, 0.15) is 0 Å². The Morgan fingerprint density at radius 3 is 2.70 bits per heavy atom. The van der Waals surface area contributed by atoms with Gasteiger partial charge in [-0.15, -0.1) is 11.8 Å². The van der Waals surface area contributed by atoms with Crippen molar-refractivity contribution in [3.05, 3.63) is 54.1 Å². The van der Waals surface area contributed by atoms with E-state index < -0.39 is 0 Å². The lowest BCUT2D eigenvalue weighted by atomic mass is 10.2. The van der Waals surface area contributed by atoms with Gasteiger partial charge in [0.05, 0.1) is 25.7 Å². The molecule has 5 nitrogen and oxygen atoms in total. The highest BCUT2D eigenvalue weighted by Gasteiger charge is 2.05. The van der Waals surface area contributed by atoms with Crippen molar-refractivity contribution < 1.29 is 14.3 Å². The number of ether oxygens (including phenoxy) is 2. The largest absolute Gasteiger partial charge is 0.493 e. The Kier molecular flexibility index (Phi) is 9.27. The monoisotopic (exact) mass is 386 g/mol. The van der Waals surface area contributed by atoms with Crippen LogP contribution in [0.4, 0.5) is 0 Å². The average molecular weight is 387 g/mol. The normalized spacial score (nSPS) is 10.7. The molecule has 0 aromatic heterocycles. The van der Waals surface area contributed by atoms with Crippen LogP contribution in [0.25, 0.3) is 0 Å². The van der Waals surface area contributed by atoms with Crippen LogP contribution in [-0.2, 0) is 4.79 Å². The van der Waals surface area contributed by atoms with Crippen LogP contribution < -0.4 is 14.9 Å². The number of rotatable bonds is 11. The Labute approximate surface area is 165 Å². The summed E-state index contributed by atoms with van der Waals surface area (Å²) in [5.74, 6) is 1.54. The molecule has 0 bridgehead atoms. The highest BCUT2D eigenvalue weighted by Crippen LogP contribution is 2.27. The molecule has 0 saturated heterocycles. The molecule has 0 radical (unpaired) electrons. The van der Waals surface area contributed by atoms with Crippen LogP contribution in [0.1, 0.15) is 31.7 Å². The number of hydrogen-bond donors (Lipinski definition) is 1. The number of carbonyl (C=O) groups excluding carboxylic acids is 1. The van der Waals surface area contributed by atoms with E-state index in [2.05, 4.69) is 17.5 Å². The maximum Gasteiger partial charge on any atom is 0.250 e. The molecule has 0 aliphatic carbocycles. The van der Waals surface area contributed by atoms with Gasteiger partial charge >= 0.3 is 0 Å². The number of carbonyl (C=O) groups is 1. The van der Waals surface area contributed by atoms with E-state index in [1.165, 1.54) is 11.8 Å². The van der Waals surface area contributed by atoms with Gasteiger partial charge in [-0.25, -0.2) is 5.43 Å². The summed E-state index contributed by atoms with van der Waals surface area (Å²) in [7, 11) is 1.61. The third-order valence-electron chi connectivity index (χ3n) is 3.71. The van der Waals surface area contributed by atoms with Gasteiger partial charge in [0.2, 0.25) is 5.91 Å². The van der Waals surface area contributed by atoms with E-state index in [0.29, 0.717) is 23.9 Å². The van der Waals surface area contributed by atoms with Gasteiger partial charge in [0.15, 0.2) is 11.5 Å². The number of amides is 1. The average Bonchev–Trinajstić information content (AvgIpc) is 2.71. The summed E-state index contributed by atoms with van der Waals surface area (Å²) in [6, 6.07) is 15.4. The summed E-state index contributed by atoms with van der Waals surface area (Å²) in [6.07, 6.45) is 4.92. The fourth-order valence-corrected chi connectivity index (χ4v) is 3.01. The van der Waals surface area contributed by atoms with Gasteiger partial charge in [-0.1, -0.05) is 38.0 Å². The van der Waals surface area contributed by atoms with Crippen LogP contribution in [0, 0.1) is 0 Å². The maximum absolute atomic E-state index is 11.9. The van der Waals surface area contributed by atoms with Crippen LogP contribution in [0.3, 0.4) is 0 Å². The smallest absolute Gasteiger partial charge is 0.250 e. The molecule has 1 N–H and O–H groups in total. The van der Waals surface area contributed by atoms with Crippen molar-refractivity contribution in [1.82, 2.24) is 5.43 Å². The third-order valence-corrected chi connectivity index (χ3v) is 4.72. The molecule has 0 fully saturated rings. The van der Waals surface area contributed by atoms with Crippen LogP contribution in [0.2, 0.25) is 0 Å². The molecule has 0 aliphatic rings. The number of thioether (sulfide) groups is 1. The zero-order chi connectivity index (χ0) is 19.3. The molecule has 2 aromatic rings. The second-order valence-corrected chi connectivity index (χ2v) is 6.91. The summed E-state index contributed by atoms with van der Waals surface area (Å²) in [5.41, 5.74) is 3.36. The Hall–Kier alpha value is -2.47. The van der Waals surface area contributed by atoms with Crippen LogP contribution in [-0.4, -0.2) is 31.6 Å². The molecular weight excluding hydrogens is 360 g/mol. The van der Waals surface area contributed by atoms with Gasteiger partial charge in [0, 0.05) is 4.90 Å². The second kappa shape index (κ2) is 12.0. The van der Waals surface area contributed by atoms with Crippen molar-refractivity contribution in [2.24, 2.45) is 5.10 Å². The summed E-state index contributed by atoms with van der Waals surface area (Å²) in [4.78, 5) is 12.9. The maximum atomic E-state index is 11.9. The minimum Gasteiger partial charge on any atom is -0.493 e. The van der Waals surface area contributed by atoms with Gasteiger partial charge in [-0.05, 0) is 42.3 Å². The Morgan fingerprint density at radius 2 is 1.96 bits per heavy atom. The molecule has 0 aliphatic heterocycles. The standard InChI is InChI=1S/C21H26N2O3S/c1-3-4-8-13-26-19-12-11-17(14-20(19)25-2)15-22-23-21(24)16-27-18-9-6-5-7-10-18/h5-7,9-12,14-15H,3-4,8,13,16H2,1-2H3,(H,23,24). The summed E-state index contributed by atoms with van der Waals surface area (Å²) >= 11 is 1.47. The fourth-order valence-electron chi connectivity index (χ4n) is 2.29. The Balaban J connectivity index is 1.82. The first-order valence-corrected chi connectivity index (χ1v) is 10.0. The molecular formula is C21H26N2O3S. The molecule has 6 heteroatoms. The van der Waals surface area contributed by atoms with Crippen LogP contribution in [0.15, 0.2) is 58.5 Å². The van der Waals surface area contributed by atoms with Crippen molar-refractivity contribution in [3.8, 4) is 11.5 Å². The fraction of sp³-hybridized carbons (Fsp3) is 0.333. The quantitative estimate of drug-likeness (QED) is 0.267. The molecule has 2 aromatic carbocycles. The number of hydrogen-bond acceptors (Lipinski definition) is 5. The SMILES string of the molecule is CCCCCOc1ccc(C=NNC(=O)CSc2ccccc2)cc1OC. The van der Waals surface area contributed by atoms with Crippen LogP contribution in [0.5, 0.6) is 11.5 Å². The molecule has 27 heavy (non-hydrogen) atoms. The first-order valence-electron chi connectivity index (χ1n) is 9.03. The van der Waals surface area contributed by atoms with Gasteiger partial charge in [0.25, 0.3) is 0 Å². The minimum absolute atomic E-state index is 0.150. The number of hydrazone groups is 1. The lowest BCUT2D eigenvalue weighted by Gasteiger charge is -2.11. The highest BCUT2D eigenvalue weighted by atomic mass is 32.2. The molecule has 0 spiro atoms. The topological polar surface area (TPSA) is 59.9 Å². The van der Waals surface area contributed by atoms with Gasteiger partial charge in [-0.2, -0.15) is 5.10 Å². The van der Waals surface area contributed by atoms with E-state index in [-0.39, 0.29) is 5.91 Å². The molecule has 0 unspecified atom stereocenters. The van der Waals surface area contributed by atoms with E-state index in [0.717, 1.165) is 29.7 Å². The second-order valence-electron chi connectivity index (χ2n) is 5.86. The number of nitrogens with one attached hydrogen (secondary N) is 1. The molecule has 2 rings (SSSR count). The Bertz CT molecular complexity index is 735. The predicted octanol–water partition coefficient (Wildman–Crippen LogP) is 4.51. The van der Waals surface area contributed by atoms with Crippen molar-refractivity contribution in [1.29, 1.82) is 0 Å². The highest BCUT2D eigenvalue weighted by molar-refractivity contribution is 8.00. The zero-order valence-electron chi connectivity index (χ0n) is 15.8. The Morgan fingerprint density at radius 1 is 1.15 bits per heavy atom. The van der Waals surface area contributed by atoms with E-state index in [1.54, 1.807) is 13.3 Å². The number of benzene rings is 2. The lowest BCUT2D eigenvalue weighted by molar-refractivity contribution is -0.118. The third kappa shape index (κ3) is 7.74. The number of nitrogens with zero attached hydrogens (tertiary/aromatic N) is 1. The van der Waals surface area contributed by atoms with Crippen molar-refractivity contribution in [3.63, 3.8) is 0 Å². The van der Waals surface area contributed by atoms with Crippen LogP contribution >= 0.6 is 11.8 Å². The van der Waals surface area contributed by atoms with E-state index in [4.69, 9.17) is 9.47 Å². The first kappa shape index (κ1) is 20.8. The van der Waals surface area contributed by atoms with E-state index >= 15 is 0 Å². The number of methoxy groups -OCH3 is 1. The van der Waals surface area contributed by atoms with Gasteiger partial charge < -0.3 is 9.47 Å². The minimum atomic E-state index is -0.150. The van der Waals surface area contributed by atoms with Crippen molar-refractivity contribution in [2.75, 3.05) is 19.5 Å². The van der Waals surface area contributed by atoms with Crippen molar-refractivity contribution in [2.45, 2.75) is 31.1 Å². The van der Waals surface area contributed by atoms with E-state index in [9.17, 15) is 4.79 Å².